The van der Waals surface area contributed by atoms with E-state index in [9.17, 15) is 9.90 Å². The molecule has 0 saturated heterocycles. The number of carboxylic acids is 1. The van der Waals surface area contributed by atoms with Crippen molar-refractivity contribution in [1.82, 2.24) is 10.7 Å². The van der Waals surface area contributed by atoms with E-state index in [4.69, 9.17) is 22.7 Å². The van der Waals surface area contributed by atoms with Crippen molar-refractivity contribution in [1.29, 1.82) is 5.41 Å². The highest BCUT2D eigenvalue weighted by molar-refractivity contribution is 7.80. The molecule has 9 heteroatoms. The summed E-state index contributed by atoms with van der Waals surface area (Å²) in [5.41, 5.74) is 5.77. The number of hydrogen-bond acceptors (Lipinski definition) is 6. The molecule has 31 heavy (non-hydrogen) atoms. The molecule has 162 valence electrons. The lowest BCUT2D eigenvalue weighted by Crippen LogP contribution is -2.27. The number of anilines is 1. The van der Waals surface area contributed by atoms with Gasteiger partial charge in [0.25, 0.3) is 0 Å². The van der Waals surface area contributed by atoms with Crippen LogP contribution in [0.1, 0.15) is 35.3 Å². The van der Waals surface area contributed by atoms with Gasteiger partial charge in [-0.05, 0) is 55.4 Å². The van der Waals surface area contributed by atoms with Gasteiger partial charge >= 0.3 is 5.97 Å². The first-order valence-electron chi connectivity index (χ1n) is 9.51. The SMILES string of the molecule is CCc1ccc(/C(NC)=C(\O)C(=N)/C(C)=N/NC(=S)Nc2ccc(C(=O)O)cc2)cc1. The number of hydrogen-bond donors (Lipinski definition) is 6. The average Bonchev–Trinajstić information content (AvgIpc) is 2.78. The number of carbonyl (C=O) groups is 1. The van der Waals surface area contributed by atoms with Gasteiger partial charge in [0, 0.05) is 18.3 Å². The Kier molecular flexibility index (Phi) is 8.27. The van der Waals surface area contributed by atoms with Gasteiger partial charge in [-0.2, -0.15) is 5.10 Å². The summed E-state index contributed by atoms with van der Waals surface area (Å²) in [7, 11) is 1.67. The first-order chi connectivity index (χ1) is 14.8. The molecular weight excluding hydrogens is 414 g/mol. The number of rotatable bonds is 8. The van der Waals surface area contributed by atoms with E-state index >= 15 is 0 Å². The van der Waals surface area contributed by atoms with Crippen LogP contribution in [0.3, 0.4) is 0 Å². The van der Waals surface area contributed by atoms with Crippen molar-refractivity contribution in [3.63, 3.8) is 0 Å². The highest BCUT2D eigenvalue weighted by atomic mass is 32.1. The van der Waals surface area contributed by atoms with Gasteiger partial charge < -0.3 is 20.8 Å². The molecule has 0 heterocycles. The lowest BCUT2D eigenvalue weighted by molar-refractivity contribution is 0.0697. The molecule has 0 aliphatic carbocycles. The van der Waals surface area contributed by atoms with Crippen LogP contribution in [-0.4, -0.2) is 39.8 Å². The lowest BCUT2D eigenvalue weighted by atomic mass is 10.0. The Morgan fingerprint density at radius 2 is 1.65 bits per heavy atom. The van der Waals surface area contributed by atoms with Crippen LogP contribution in [0.2, 0.25) is 0 Å². The third-order valence-electron chi connectivity index (χ3n) is 4.45. The van der Waals surface area contributed by atoms with Crippen LogP contribution < -0.4 is 16.1 Å². The summed E-state index contributed by atoms with van der Waals surface area (Å²) in [6.45, 7) is 3.64. The van der Waals surface area contributed by atoms with Crippen LogP contribution in [-0.2, 0) is 6.42 Å². The molecule has 0 saturated carbocycles. The number of aliphatic hydroxyl groups excluding tert-OH is 1. The van der Waals surface area contributed by atoms with Crippen molar-refractivity contribution < 1.29 is 15.0 Å². The summed E-state index contributed by atoms with van der Waals surface area (Å²) in [4.78, 5) is 10.9. The normalized spacial score (nSPS) is 11.9. The zero-order chi connectivity index (χ0) is 23.0. The Labute approximate surface area is 186 Å². The number of aryl methyl sites for hydroxylation is 1. The largest absolute Gasteiger partial charge is 0.504 e. The molecule has 0 aliphatic rings. The molecule has 2 aromatic carbocycles. The fourth-order valence-corrected chi connectivity index (χ4v) is 2.81. The van der Waals surface area contributed by atoms with Crippen molar-refractivity contribution in [2.75, 3.05) is 12.4 Å². The van der Waals surface area contributed by atoms with Crippen molar-refractivity contribution in [2.24, 2.45) is 5.10 Å². The summed E-state index contributed by atoms with van der Waals surface area (Å²) < 4.78 is 0. The molecule has 0 bridgehead atoms. The summed E-state index contributed by atoms with van der Waals surface area (Å²) in [6.07, 6.45) is 0.912. The molecule has 0 radical (unpaired) electrons. The summed E-state index contributed by atoms with van der Waals surface area (Å²) in [6, 6.07) is 13.8. The van der Waals surface area contributed by atoms with Crippen LogP contribution in [0, 0.1) is 5.41 Å². The predicted octanol–water partition coefficient (Wildman–Crippen LogP) is 3.78. The molecule has 0 atom stereocenters. The number of allylic oxidation sites excluding steroid dienone is 1. The Balaban J connectivity index is 2.08. The number of benzene rings is 2. The van der Waals surface area contributed by atoms with E-state index in [0.717, 1.165) is 12.0 Å². The molecule has 2 rings (SSSR count). The number of hydrazone groups is 1. The Morgan fingerprint density at radius 1 is 1.06 bits per heavy atom. The molecular formula is C22H25N5O3S. The molecule has 0 unspecified atom stereocenters. The Hall–Kier alpha value is -3.72. The van der Waals surface area contributed by atoms with Gasteiger partial charge in [0.05, 0.1) is 17.0 Å². The van der Waals surface area contributed by atoms with Crippen LogP contribution in [0.15, 0.2) is 59.4 Å². The maximum Gasteiger partial charge on any atom is 0.335 e. The molecule has 6 N–H and O–H groups in total. The van der Waals surface area contributed by atoms with Crippen molar-refractivity contribution in [3.05, 3.63) is 71.0 Å². The van der Waals surface area contributed by atoms with Crippen LogP contribution in [0.5, 0.6) is 0 Å². The van der Waals surface area contributed by atoms with Crippen molar-refractivity contribution in [2.45, 2.75) is 20.3 Å². The van der Waals surface area contributed by atoms with Gasteiger partial charge in [0.2, 0.25) is 0 Å². The standard InChI is InChI=1S/C22H25N5O3S/c1-4-14-5-7-15(8-6-14)19(24-3)20(28)18(23)13(2)26-27-22(31)25-17-11-9-16(10-12-17)21(29)30/h5-12,23-24,28H,4H2,1-3H3,(H,29,30)(H2,25,27,31)/b20-19+,23-18?,26-13+. The summed E-state index contributed by atoms with van der Waals surface area (Å²) in [5.74, 6) is -1.25. The molecule has 8 nitrogen and oxygen atoms in total. The van der Waals surface area contributed by atoms with Gasteiger partial charge in [-0.3, -0.25) is 10.8 Å². The predicted molar refractivity (Wildman–Crippen MR) is 128 cm³/mol. The second kappa shape index (κ2) is 10.9. The number of nitrogens with one attached hydrogen (secondary N) is 4. The quantitative estimate of drug-likeness (QED) is 0.160. The molecule has 0 amide bonds. The van der Waals surface area contributed by atoms with Gasteiger partial charge in [0.15, 0.2) is 10.9 Å². The fraction of sp³-hybridized carbons (Fsp3) is 0.182. The highest BCUT2D eigenvalue weighted by Crippen LogP contribution is 2.17. The molecule has 0 aliphatic heterocycles. The van der Waals surface area contributed by atoms with Gasteiger partial charge in [-0.15, -0.1) is 0 Å². The van der Waals surface area contributed by atoms with E-state index in [0.29, 0.717) is 11.4 Å². The smallest absolute Gasteiger partial charge is 0.335 e. The van der Waals surface area contributed by atoms with Crippen LogP contribution in [0.4, 0.5) is 5.69 Å². The second-order valence-electron chi connectivity index (χ2n) is 6.54. The summed E-state index contributed by atoms with van der Waals surface area (Å²) >= 11 is 5.16. The Bertz CT molecular complexity index is 1030. The fourth-order valence-electron chi connectivity index (χ4n) is 2.65. The maximum absolute atomic E-state index is 10.9. The van der Waals surface area contributed by atoms with Crippen LogP contribution >= 0.6 is 12.2 Å². The molecule has 0 spiro atoms. The summed E-state index contributed by atoms with van der Waals surface area (Å²) in [5, 5.41) is 37.8. The first kappa shape index (κ1) is 23.6. The number of aromatic carboxylic acids is 1. The molecule has 2 aromatic rings. The van der Waals surface area contributed by atoms with Gasteiger partial charge in [0.1, 0.15) is 5.71 Å². The monoisotopic (exact) mass is 439 g/mol. The highest BCUT2D eigenvalue weighted by Gasteiger charge is 2.15. The zero-order valence-electron chi connectivity index (χ0n) is 17.5. The minimum absolute atomic E-state index is 0.155. The number of aliphatic hydroxyl groups is 1. The third kappa shape index (κ3) is 6.38. The van der Waals surface area contributed by atoms with Crippen molar-refractivity contribution >= 4 is 46.1 Å². The van der Waals surface area contributed by atoms with E-state index in [-0.39, 0.29) is 27.9 Å². The maximum atomic E-state index is 10.9. The number of nitrogens with zero attached hydrogens (tertiary/aromatic N) is 1. The zero-order valence-corrected chi connectivity index (χ0v) is 18.3. The number of carboxylic acid groups (broad SMARTS) is 1. The second-order valence-corrected chi connectivity index (χ2v) is 6.95. The third-order valence-corrected chi connectivity index (χ3v) is 4.64. The van der Waals surface area contributed by atoms with E-state index in [1.54, 1.807) is 26.1 Å². The molecule has 0 fully saturated rings. The van der Waals surface area contributed by atoms with E-state index < -0.39 is 5.97 Å². The molecule has 0 aromatic heterocycles. The van der Waals surface area contributed by atoms with E-state index in [1.165, 1.54) is 17.7 Å². The minimum atomic E-state index is -1.01. The first-order valence-corrected chi connectivity index (χ1v) is 9.91. The minimum Gasteiger partial charge on any atom is -0.504 e. The van der Waals surface area contributed by atoms with Crippen LogP contribution in [0.25, 0.3) is 5.70 Å². The topological polar surface area (TPSA) is 130 Å². The van der Waals surface area contributed by atoms with Gasteiger partial charge in [-0.25, -0.2) is 4.79 Å². The lowest BCUT2D eigenvalue weighted by Gasteiger charge is -2.13. The number of thiocarbonyl (C=S) groups is 1. The van der Waals surface area contributed by atoms with Crippen molar-refractivity contribution in [3.8, 4) is 0 Å². The van der Waals surface area contributed by atoms with E-state index in [2.05, 4.69) is 28.1 Å². The van der Waals surface area contributed by atoms with Gasteiger partial charge in [-0.1, -0.05) is 31.2 Å². The Morgan fingerprint density at radius 3 is 2.16 bits per heavy atom. The average molecular weight is 440 g/mol. The van der Waals surface area contributed by atoms with E-state index in [1.807, 2.05) is 24.3 Å².